The van der Waals surface area contributed by atoms with E-state index in [9.17, 15) is 14.9 Å². The van der Waals surface area contributed by atoms with Crippen molar-refractivity contribution in [1.82, 2.24) is 9.78 Å². The summed E-state index contributed by atoms with van der Waals surface area (Å²) in [5.41, 5.74) is 1.16. The summed E-state index contributed by atoms with van der Waals surface area (Å²) in [6, 6.07) is 19.9. The zero-order valence-electron chi connectivity index (χ0n) is 19.0. The highest BCUT2D eigenvalue weighted by molar-refractivity contribution is 6.03. The molecule has 4 aromatic rings. The van der Waals surface area contributed by atoms with Crippen LogP contribution in [0.15, 0.2) is 79.0 Å². The number of rotatable bonds is 9. The number of hydrogen-bond donors (Lipinski definition) is 1. The maximum Gasteiger partial charge on any atom is 0.276 e. The summed E-state index contributed by atoms with van der Waals surface area (Å²) in [5.74, 6) is 1.53. The van der Waals surface area contributed by atoms with Gasteiger partial charge in [0.05, 0.1) is 23.8 Å². The molecule has 1 N–H and O–H groups in total. The van der Waals surface area contributed by atoms with Crippen molar-refractivity contribution in [2.45, 2.75) is 13.7 Å². The van der Waals surface area contributed by atoms with E-state index < -0.39 is 10.8 Å². The zero-order valence-corrected chi connectivity index (χ0v) is 19.0. The Balaban J connectivity index is 1.43. The van der Waals surface area contributed by atoms with Crippen LogP contribution >= 0.6 is 0 Å². The van der Waals surface area contributed by atoms with Gasteiger partial charge in [0.2, 0.25) is 0 Å². The molecule has 178 valence electrons. The third-order valence-electron chi connectivity index (χ3n) is 4.91. The second-order valence-electron chi connectivity index (χ2n) is 7.53. The fraction of sp³-hybridized carbons (Fsp3) is 0.120. The molecule has 1 aromatic heterocycles. The summed E-state index contributed by atoms with van der Waals surface area (Å²) >= 11 is 0. The van der Waals surface area contributed by atoms with Gasteiger partial charge in [-0.1, -0.05) is 17.7 Å². The number of methoxy groups -OCH3 is 1. The van der Waals surface area contributed by atoms with Crippen molar-refractivity contribution in [3.8, 4) is 23.0 Å². The fourth-order valence-electron chi connectivity index (χ4n) is 3.12. The van der Waals surface area contributed by atoms with Gasteiger partial charge in [0, 0.05) is 18.3 Å². The Morgan fingerprint density at radius 2 is 1.66 bits per heavy atom. The van der Waals surface area contributed by atoms with Gasteiger partial charge in [-0.3, -0.25) is 14.9 Å². The number of carbonyl (C=O) groups is 1. The molecular formula is C25H22N4O6. The quantitative estimate of drug-likeness (QED) is 0.262. The average molecular weight is 474 g/mol. The van der Waals surface area contributed by atoms with Crippen LogP contribution in [0, 0.1) is 17.0 Å². The second-order valence-corrected chi connectivity index (χ2v) is 7.53. The molecule has 0 aliphatic carbocycles. The highest BCUT2D eigenvalue weighted by Gasteiger charge is 2.15. The van der Waals surface area contributed by atoms with E-state index in [-0.39, 0.29) is 29.5 Å². The highest BCUT2D eigenvalue weighted by Crippen LogP contribution is 2.30. The molecule has 0 fully saturated rings. The Labute approximate surface area is 200 Å². The molecular weight excluding hydrogens is 452 g/mol. The second kappa shape index (κ2) is 10.4. The standard InChI is InChI=1S/C25H22N4O6/c1-17-3-5-22(6-4-17)35-23-14-18(13-19(15-23)29(31)32)26-25(30)24-11-12-28(27-24)16-34-21-9-7-20(33-2)8-10-21/h3-15H,16H2,1-2H3,(H,26,30). The smallest absolute Gasteiger partial charge is 0.276 e. The summed E-state index contributed by atoms with van der Waals surface area (Å²) in [5, 5.41) is 18.2. The van der Waals surface area contributed by atoms with Gasteiger partial charge in [0.25, 0.3) is 11.6 Å². The third kappa shape index (κ3) is 6.14. The molecule has 1 heterocycles. The van der Waals surface area contributed by atoms with E-state index in [0.717, 1.165) is 5.56 Å². The van der Waals surface area contributed by atoms with E-state index in [0.29, 0.717) is 17.2 Å². The fourth-order valence-corrected chi connectivity index (χ4v) is 3.12. The molecule has 35 heavy (non-hydrogen) atoms. The summed E-state index contributed by atoms with van der Waals surface area (Å²) in [6.07, 6.45) is 1.60. The monoisotopic (exact) mass is 474 g/mol. The lowest BCUT2D eigenvalue weighted by molar-refractivity contribution is -0.384. The number of hydrogen-bond acceptors (Lipinski definition) is 7. The lowest BCUT2D eigenvalue weighted by Gasteiger charge is -2.09. The molecule has 3 aromatic carbocycles. The van der Waals surface area contributed by atoms with Crippen molar-refractivity contribution in [3.05, 3.63) is 100 Å². The molecule has 10 heteroatoms. The molecule has 0 spiro atoms. The van der Waals surface area contributed by atoms with Gasteiger partial charge >= 0.3 is 0 Å². The van der Waals surface area contributed by atoms with Crippen LogP contribution in [0.4, 0.5) is 11.4 Å². The molecule has 0 unspecified atom stereocenters. The lowest BCUT2D eigenvalue weighted by atomic mass is 10.2. The molecule has 0 saturated carbocycles. The van der Waals surface area contributed by atoms with Crippen LogP contribution in [0.1, 0.15) is 16.1 Å². The Morgan fingerprint density at radius 1 is 0.971 bits per heavy atom. The van der Waals surface area contributed by atoms with Crippen molar-refractivity contribution in [2.75, 3.05) is 12.4 Å². The number of aromatic nitrogens is 2. The van der Waals surface area contributed by atoms with Gasteiger partial charge in [-0.2, -0.15) is 5.10 Å². The van der Waals surface area contributed by atoms with Gasteiger partial charge in [0.1, 0.15) is 23.0 Å². The zero-order chi connectivity index (χ0) is 24.8. The van der Waals surface area contributed by atoms with Crippen LogP contribution in [-0.4, -0.2) is 27.7 Å². The minimum atomic E-state index is -0.553. The Bertz CT molecular complexity index is 1330. The number of benzene rings is 3. The maximum absolute atomic E-state index is 12.7. The number of aryl methyl sites for hydroxylation is 1. The number of anilines is 1. The van der Waals surface area contributed by atoms with E-state index in [1.165, 1.54) is 28.9 Å². The normalized spacial score (nSPS) is 10.5. The number of amides is 1. The van der Waals surface area contributed by atoms with E-state index in [1.807, 2.05) is 19.1 Å². The number of ether oxygens (including phenoxy) is 3. The number of carbonyl (C=O) groups excluding carboxylic acids is 1. The largest absolute Gasteiger partial charge is 0.497 e. The Morgan fingerprint density at radius 3 is 2.34 bits per heavy atom. The summed E-state index contributed by atoms with van der Waals surface area (Å²) in [6.45, 7) is 2.03. The number of nitrogens with zero attached hydrogens (tertiary/aromatic N) is 3. The number of nitrogens with one attached hydrogen (secondary N) is 1. The van der Waals surface area contributed by atoms with Crippen LogP contribution in [0.3, 0.4) is 0 Å². The molecule has 0 bridgehead atoms. The first-order chi connectivity index (χ1) is 16.9. The third-order valence-corrected chi connectivity index (χ3v) is 4.91. The van der Waals surface area contributed by atoms with Crippen LogP contribution in [0.25, 0.3) is 0 Å². The van der Waals surface area contributed by atoms with E-state index in [4.69, 9.17) is 14.2 Å². The molecule has 0 aliphatic heterocycles. The Hall–Kier alpha value is -4.86. The van der Waals surface area contributed by atoms with Crippen molar-refractivity contribution in [3.63, 3.8) is 0 Å². The molecule has 0 atom stereocenters. The summed E-state index contributed by atoms with van der Waals surface area (Å²) in [7, 11) is 1.58. The van der Waals surface area contributed by atoms with E-state index >= 15 is 0 Å². The predicted molar refractivity (Wildman–Crippen MR) is 128 cm³/mol. The first-order valence-electron chi connectivity index (χ1n) is 10.6. The molecule has 10 nitrogen and oxygen atoms in total. The van der Waals surface area contributed by atoms with Crippen LogP contribution < -0.4 is 19.5 Å². The van der Waals surface area contributed by atoms with Crippen LogP contribution in [-0.2, 0) is 6.73 Å². The Kier molecular flexibility index (Phi) is 6.91. The minimum absolute atomic E-state index is 0.0882. The highest BCUT2D eigenvalue weighted by atomic mass is 16.6. The number of nitro benzene ring substituents is 1. The van der Waals surface area contributed by atoms with E-state index in [2.05, 4.69) is 10.4 Å². The predicted octanol–water partition coefficient (Wildman–Crippen LogP) is 5.19. The lowest BCUT2D eigenvalue weighted by Crippen LogP contribution is -2.14. The van der Waals surface area contributed by atoms with Gasteiger partial charge in [-0.05, 0) is 49.4 Å². The molecule has 4 rings (SSSR count). The van der Waals surface area contributed by atoms with Gasteiger partial charge in [0.15, 0.2) is 12.4 Å². The number of non-ortho nitro benzene ring substituents is 1. The topological polar surface area (TPSA) is 118 Å². The first-order valence-corrected chi connectivity index (χ1v) is 10.6. The van der Waals surface area contributed by atoms with Crippen molar-refractivity contribution in [2.24, 2.45) is 0 Å². The molecule has 0 aliphatic rings. The summed E-state index contributed by atoms with van der Waals surface area (Å²) in [4.78, 5) is 23.5. The van der Waals surface area contributed by atoms with Crippen LogP contribution in [0.5, 0.6) is 23.0 Å². The molecule has 0 saturated heterocycles. The first kappa shape index (κ1) is 23.3. The molecule has 0 radical (unpaired) electrons. The van der Waals surface area contributed by atoms with Crippen molar-refractivity contribution >= 4 is 17.3 Å². The minimum Gasteiger partial charge on any atom is -0.497 e. The summed E-state index contributed by atoms with van der Waals surface area (Å²) < 4.78 is 18.0. The number of nitro groups is 1. The van der Waals surface area contributed by atoms with Gasteiger partial charge in [-0.25, -0.2) is 4.68 Å². The van der Waals surface area contributed by atoms with Gasteiger partial charge in [-0.15, -0.1) is 0 Å². The van der Waals surface area contributed by atoms with Crippen molar-refractivity contribution in [1.29, 1.82) is 0 Å². The van der Waals surface area contributed by atoms with Crippen molar-refractivity contribution < 1.29 is 23.9 Å². The van der Waals surface area contributed by atoms with E-state index in [1.54, 1.807) is 49.7 Å². The SMILES string of the molecule is COc1ccc(OCn2ccc(C(=O)Nc3cc(Oc4ccc(C)cc4)cc([N+](=O)[O-])c3)n2)cc1. The molecule has 1 amide bonds. The maximum atomic E-state index is 12.7. The average Bonchev–Trinajstić information content (AvgIpc) is 3.34. The van der Waals surface area contributed by atoms with Gasteiger partial charge < -0.3 is 19.5 Å². The van der Waals surface area contributed by atoms with Crippen LogP contribution in [0.2, 0.25) is 0 Å².